The Balaban J connectivity index is 3.17. The number of hydrogen-bond acceptors (Lipinski definition) is 1. The van der Waals surface area contributed by atoms with Crippen molar-refractivity contribution >= 4 is 5.78 Å². The van der Waals surface area contributed by atoms with E-state index >= 15 is 0 Å². The van der Waals surface area contributed by atoms with E-state index in [9.17, 15) is 4.79 Å². The summed E-state index contributed by atoms with van der Waals surface area (Å²) in [7, 11) is 0. The van der Waals surface area contributed by atoms with Gasteiger partial charge < -0.3 is 4.79 Å². The molecule has 0 radical (unpaired) electrons. The van der Waals surface area contributed by atoms with E-state index in [1.165, 1.54) is 38.5 Å². The summed E-state index contributed by atoms with van der Waals surface area (Å²) in [5, 5.41) is 0. The van der Waals surface area contributed by atoms with Gasteiger partial charge in [-0.15, -0.1) is 0 Å². The molecule has 0 spiro atoms. The molecule has 78 valence electrons. The van der Waals surface area contributed by atoms with Crippen LogP contribution < -0.4 is 0 Å². The van der Waals surface area contributed by atoms with E-state index in [1.54, 1.807) is 6.92 Å². The third kappa shape index (κ3) is 9.59. The topological polar surface area (TPSA) is 17.1 Å². The van der Waals surface area contributed by atoms with Gasteiger partial charge in [-0.25, -0.2) is 0 Å². The molecule has 0 aromatic rings. The highest BCUT2D eigenvalue weighted by molar-refractivity contribution is 5.75. The molecule has 0 rings (SSSR count). The maximum absolute atomic E-state index is 10.8. The second kappa shape index (κ2) is 8.28. The lowest BCUT2D eigenvalue weighted by atomic mass is 9.98. The van der Waals surface area contributed by atoms with Crippen LogP contribution in [0, 0.1) is 5.92 Å². The first-order chi connectivity index (χ1) is 6.16. The molecular formula is C12H24O. The second-order valence-electron chi connectivity index (χ2n) is 4.21. The summed E-state index contributed by atoms with van der Waals surface area (Å²) in [6, 6.07) is 0. The molecule has 0 aliphatic carbocycles. The lowest BCUT2D eigenvalue weighted by molar-refractivity contribution is -0.117. The Labute approximate surface area is 82.9 Å². The van der Waals surface area contributed by atoms with Crippen molar-refractivity contribution in [3.05, 3.63) is 0 Å². The summed E-state index contributed by atoms with van der Waals surface area (Å²) in [4.78, 5) is 10.8. The van der Waals surface area contributed by atoms with E-state index in [0.29, 0.717) is 11.7 Å². The fourth-order valence-corrected chi connectivity index (χ4v) is 1.69. The number of carbonyl (C=O) groups is 1. The van der Waals surface area contributed by atoms with Gasteiger partial charge in [-0.05, 0) is 12.8 Å². The molecule has 0 N–H and O–H groups in total. The molecule has 0 aliphatic heterocycles. The molecule has 0 aliphatic rings. The molecule has 0 fully saturated rings. The highest BCUT2D eigenvalue weighted by Crippen LogP contribution is 2.14. The van der Waals surface area contributed by atoms with Crippen molar-refractivity contribution in [2.75, 3.05) is 0 Å². The van der Waals surface area contributed by atoms with Crippen molar-refractivity contribution < 1.29 is 4.79 Å². The Morgan fingerprint density at radius 2 is 1.77 bits per heavy atom. The summed E-state index contributed by atoms with van der Waals surface area (Å²) >= 11 is 0. The van der Waals surface area contributed by atoms with Crippen molar-refractivity contribution in [1.82, 2.24) is 0 Å². The molecule has 0 heterocycles. The van der Waals surface area contributed by atoms with Crippen LogP contribution in [0.5, 0.6) is 0 Å². The Hall–Kier alpha value is -0.330. The molecule has 1 nitrogen and oxygen atoms in total. The van der Waals surface area contributed by atoms with Crippen LogP contribution >= 0.6 is 0 Å². The van der Waals surface area contributed by atoms with Gasteiger partial charge in [0, 0.05) is 6.42 Å². The van der Waals surface area contributed by atoms with E-state index < -0.39 is 0 Å². The average Bonchev–Trinajstić information content (AvgIpc) is 2.02. The van der Waals surface area contributed by atoms with E-state index in [1.807, 2.05) is 0 Å². The van der Waals surface area contributed by atoms with Crippen LogP contribution in [0.25, 0.3) is 0 Å². The highest BCUT2D eigenvalue weighted by atomic mass is 16.1. The fraction of sp³-hybridized carbons (Fsp3) is 0.917. The first kappa shape index (κ1) is 12.7. The van der Waals surface area contributed by atoms with Crippen LogP contribution in [-0.4, -0.2) is 5.78 Å². The smallest absolute Gasteiger partial charge is 0.130 e. The van der Waals surface area contributed by atoms with Gasteiger partial charge >= 0.3 is 0 Å². The number of Topliss-reactive ketones (excluding diaryl/α,β-unsaturated/α-hetero) is 1. The Bertz CT molecular complexity index is 129. The second-order valence-corrected chi connectivity index (χ2v) is 4.21. The van der Waals surface area contributed by atoms with Gasteiger partial charge in [0.1, 0.15) is 5.78 Å². The average molecular weight is 184 g/mol. The normalized spacial score (nSPS) is 12.8. The van der Waals surface area contributed by atoms with E-state index in [-0.39, 0.29) is 0 Å². The number of ketones is 1. The van der Waals surface area contributed by atoms with Gasteiger partial charge in [0.15, 0.2) is 0 Å². The lowest BCUT2D eigenvalue weighted by Gasteiger charge is -2.08. The summed E-state index contributed by atoms with van der Waals surface area (Å²) < 4.78 is 0. The molecule has 0 bridgehead atoms. The summed E-state index contributed by atoms with van der Waals surface area (Å²) in [5.74, 6) is 0.931. The molecule has 0 aromatic carbocycles. The third-order valence-electron chi connectivity index (χ3n) is 2.44. The van der Waals surface area contributed by atoms with Crippen molar-refractivity contribution in [1.29, 1.82) is 0 Å². The van der Waals surface area contributed by atoms with E-state index in [4.69, 9.17) is 0 Å². The lowest BCUT2D eigenvalue weighted by Crippen LogP contribution is -2.01. The van der Waals surface area contributed by atoms with Crippen LogP contribution in [0.3, 0.4) is 0 Å². The zero-order valence-corrected chi connectivity index (χ0v) is 9.44. The zero-order valence-electron chi connectivity index (χ0n) is 9.44. The minimum absolute atomic E-state index is 0.334. The molecule has 13 heavy (non-hydrogen) atoms. The van der Waals surface area contributed by atoms with Crippen molar-refractivity contribution in [2.45, 2.75) is 65.7 Å². The van der Waals surface area contributed by atoms with Gasteiger partial charge in [0.25, 0.3) is 0 Å². The van der Waals surface area contributed by atoms with Crippen LogP contribution in [0.2, 0.25) is 0 Å². The minimum Gasteiger partial charge on any atom is -0.300 e. The maximum atomic E-state index is 10.8. The first-order valence-electron chi connectivity index (χ1n) is 5.66. The summed E-state index contributed by atoms with van der Waals surface area (Å²) in [6.45, 7) is 6.10. The fourth-order valence-electron chi connectivity index (χ4n) is 1.69. The van der Waals surface area contributed by atoms with Gasteiger partial charge in [-0.1, -0.05) is 52.4 Å². The van der Waals surface area contributed by atoms with Gasteiger partial charge in [-0.3, -0.25) is 0 Å². The number of hydrogen-bond donors (Lipinski definition) is 0. The number of unbranched alkanes of at least 4 members (excludes halogenated alkanes) is 4. The number of carbonyl (C=O) groups excluding carboxylic acids is 1. The van der Waals surface area contributed by atoms with E-state index in [2.05, 4.69) is 13.8 Å². The first-order valence-corrected chi connectivity index (χ1v) is 5.66. The molecule has 1 atom stereocenters. The quantitative estimate of drug-likeness (QED) is 0.522. The molecule has 0 amide bonds. The Kier molecular flexibility index (Phi) is 8.07. The third-order valence-corrected chi connectivity index (χ3v) is 2.44. The molecule has 1 heteroatoms. The van der Waals surface area contributed by atoms with E-state index in [0.717, 1.165) is 6.42 Å². The SMILES string of the molecule is CCCCCCCC(C)CC(C)=O. The predicted molar refractivity (Wildman–Crippen MR) is 57.8 cm³/mol. The van der Waals surface area contributed by atoms with Crippen LogP contribution in [-0.2, 0) is 4.79 Å². The molecule has 1 unspecified atom stereocenters. The monoisotopic (exact) mass is 184 g/mol. The molecule has 0 aromatic heterocycles. The zero-order chi connectivity index (χ0) is 10.1. The Morgan fingerprint density at radius 1 is 1.15 bits per heavy atom. The largest absolute Gasteiger partial charge is 0.300 e. The molecule has 0 saturated carbocycles. The highest BCUT2D eigenvalue weighted by Gasteiger charge is 2.04. The summed E-state index contributed by atoms with van der Waals surface area (Å²) in [6.07, 6.45) is 8.68. The van der Waals surface area contributed by atoms with Crippen molar-refractivity contribution in [2.24, 2.45) is 5.92 Å². The maximum Gasteiger partial charge on any atom is 0.130 e. The van der Waals surface area contributed by atoms with Crippen LogP contribution in [0.1, 0.15) is 65.7 Å². The molecule has 0 saturated heterocycles. The van der Waals surface area contributed by atoms with Crippen LogP contribution in [0.4, 0.5) is 0 Å². The van der Waals surface area contributed by atoms with Crippen LogP contribution in [0.15, 0.2) is 0 Å². The van der Waals surface area contributed by atoms with Gasteiger partial charge in [0.05, 0.1) is 0 Å². The molecular weight excluding hydrogens is 160 g/mol. The van der Waals surface area contributed by atoms with Gasteiger partial charge in [-0.2, -0.15) is 0 Å². The van der Waals surface area contributed by atoms with Crippen molar-refractivity contribution in [3.8, 4) is 0 Å². The van der Waals surface area contributed by atoms with Gasteiger partial charge in [0.2, 0.25) is 0 Å². The Morgan fingerprint density at radius 3 is 2.31 bits per heavy atom. The number of rotatable bonds is 8. The van der Waals surface area contributed by atoms with Crippen molar-refractivity contribution in [3.63, 3.8) is 0 Å². The summed E-state index contributed by atoms with van der Waals surface area (Å²) in [5.41, 5.74) is 0. The predicted octanol–water partition coefficient (Wildman–Crippen LogP) is 3.96. The minimum atomic E-state index is 0.334. The standard InChI is InChI=1S/C12H24O/c1-4-5-6-7-8-9-11(2)10-12(3)13/h11H,4-10H2,1-3H3.